The first-order valence-electron chi connectivity index (χ1n) is 3.79. The van der Waals surface area contributed by atoms with Gasteiger partial charge in [0.2, 0.25) is 0 Å². The van der Waals surface area contributed by atoms with Crippen LogP contribution in [0.1, 0.15) is 10.4 Å². The molecule has 0 heterocycles. The zero-order valence-corrected chi connectivity index (χ0v) is 15.7. The Hall–Kier alpha value is 0.510. The Balaban J connectivity index is -0.000000258. The molecule has 1 atom stereocenters. The Kier molecular flexibility index (Phi) is 14.5. The van der Waals surface area contributed by atoms with Gasteiger partial charge in [-0.1, -0.05) is 12.1 Å². The van der Waals surface area contributed by atoms with Crippen LogP contribution in [0, 0.1) is 0 Å². The van der Waals surface area contributed by atoms with Gasteiger partial charge in [-0.05, 0) is 12.1 Å². The third kappa shape index (κ3) is 10.9. The molecule has 96 valence electrons. The molecular weight excluding hydrogens is 320 g/mol. The van der Waals surface area contributed by atoms with E-state index in [0.29, 0.717) is 5.69 Å². The van der Waals surface area contributed by atoms with Crippen LogP contribution in [0.25, 0.3) is 0 Å². The van der Waals surface area contributed by atoms with Crippen LogP contribution in [0.2, 0.25) is 0 Å². The average molecular weight is 327 g/mol. The van der Waals surface area contributed by atoms with Gasteiger partial charge < -0.3 is 19.9 Å². The number of anilines is 1. The van der Waals surface area contributed by atoms with Gasteiger partial charge in [0.05, 0.1) is 15.7 Å². The topological polar surface area (TPSA) is 161 Å². The maximum atomic E-state index is 10.3. The number of carboxylic acids is 1. The second-order valence-electron chi connectivity index (χ2n) is 2.50. The van der Waals surface area contributed by atoms with E-state index in [1.807, 2.05) is 0 Å². The third-order valence-electron chi connectivity index (χ3n) is 1.36. The van der Waals surface area contributed by atoms with E-state index in [-0.39, 0.29) is 64.7 Å². The monoisotopic (exact) mass is 327 g/mol. The average Bonchev–Trinajstić information content (AvgIpc) is 2.17. The number of carbonyl (C=O) groups is 1. The van der Waals surface area contributed by atoms with Crippen LogP contribution < -0.4 is 64.8 Å². The van der Waals surface area contributed by atoms with E-state index < -0.39 is 25.2 Å². The van der Waals surface area contributed by atoms with E-state index in [9.17, 15) is 4.79 Å². The molecule has 1 aromatic carbocycles. The number of hydrogen-bond acceptors (Lipinski definition) is 7. The quantitative estimate of drug-likeness (QED) is 0.178. The molecule has 0 amide bonds. The Labute approximate surface area is 155 Å². The predicted octanol–water partition coefficient (Wildman–Crippen LogP) is -6.70. The molecule has 0 radical (unpaired) electrons. The molecule has 1 aromatic rings. The number of carboxylic acid groups (broad SMARTS) is 1. The summed E-state index contributed by atoms with van der Waals surface area (Å²) in [5, 5.41) is 8.49. The molecule has 0 saturated carbocycles. The Morgan fingerprint density at radius 1 is 1.26 bits per heavy atom. The number of benzene rings is 1. The van der Waals surface area contributed by atoms with E-state index in [0.717, 1.165) is 0 Å². The van der Waals surface area contributed by atoms with E-state index in [1.54, 1.807) is 18.2 Å². The van der Waals surface area contributed by atoms with Gasteiger partial charge in [-0.25, -0.2) is 13.2 Å². The molecule has 0 spiro atoms. The number of para-hydroxylation sites is 1. The summed E-state index contributed by atoms with van der Waals surface area (Å²) in [4.78, 5) is 10.3. The maximum Gasteiger partial charge on any atom is 1.00 e. The largest absolute Gasteiger partial charge is 1.00 e. The van der Waals surface area contributed by atoms with Crippen molar-refractivity contribution in [2.75, 3.05) is 5.73 Å². The molecule has 3 N–H and O–H groups in total. The number of aromatic carboxylic acids is 1. The first kappa shape index (κ1) is 24.5. The van der Waals surface area contributed by atoms with Crippen molar-refractivity contribution in [1.82, 2.24) is 0 Å². The van der Waals surface area contributed by atoms with E-state index in [1.165, 1.54) is 6.07 Å². The second kappa shape index (κ2) is 11.2. The first-order valence-corrected chi connectivity index (χ1v) is 6.79. The summed E-state index contributed by atoms with van der Waals surface area (Å²) < 4.78 is 45.7. The van der Waals surface area contributed by atoms with E-state index >= 15 is 0 Å². The minimum atomic E-state index is -5.07. The van der Waals surface area contributed by atoms with Gasteiger partial charge in [-0.2, -0.15) is 0 Å². The molecule has 0 fully saturated rings. The van der Waals surface area contributed by atoms with Gasteiger partial charge >= 0.3 is 65.1 Å². The van der Waals surface area contributed by atoms with Crippen LogP contribution in [0.5, 0.6) is 0 Å². The van der Waals surface area contributed by atoms with Gasteiger partial charge in [-0.15, -0.1) is 0 Å². The fourth-order valence-corrected chi connectivity index (χ4v) is 0.692. The Morgan fingerprint density at radius 3 is 1.84 bits per heavy atom. The molecule has 12 heteroatoms. The van der Waals surface area contributed by atoms with Crippen LogP contribution >= 0.6 is 0 Å². The molecule has 8 nitrogen and oxygen atoms in total. The summed E-state index contributed by atoms with van der Waals surface area (Å²) in [6, 6.07) is 6.36. The molecule has 0 aliphatic rings. The van der Waals surface area contributed by atoms with Crippen molar-refractivity contribution in [3.8, 4) is 0 Å². The van der Waals surface area contributed by atoms with Crippen molar-refractivity contribution >= 4 is 30.9 Å². The summed E-state index contributed by atoms with van der Waals surface area (Å²) in [7, 11) is -8.59. The fraction of sp³-hybridized carbons (Fsp3) is 0. The standard InChI is InChI=1S/C7H7NO2.2Na.H2O5S2/c8-6-4-2-1-3-5(6)7(9)10;;;1-6(2)7(3,4)5/h1-4H,8H2,(H,9,10);;;(H,1,2)(H,3,4,5)/q;2*+1;/p-2. The third-order valence-corrected chi connectivity index (χ3v) is 2.69. The van der Waals surface area contributed by atoms with Gasteiger partial charge in [0.25, 0.3) is 0 Å². The minimum Gasteiger partial charge on any atom is -0.761 e. The van der Waals surface area contributed by atoms with Crippen molar-refractivity contribution in [1.29, 1.82) is 0 Å². The summed E-state index contributed by atoms with van der Waals surface area (Å²) in [6.45, 7) is 0. The zero-order chi connectivity index (χ0) is 13.6. The normalized spacial score (nSPS) is 10.8. The molecule has 1 rings (SSSR count). The summed E-state index contributed by atoms with van der Waals surface area (Å²) in [6.07, 6.45) is 0. The Morgan fingerprint density at radius 2 is 1.63 bits per heavy atom. The number of nitrogen functional groups attached to an aromatic ring is 1. The van der Waals surface area contributed by atoms with Crippen molar-refractivity contribution in [2.24, 2.45) is 0 Å². The summed E-state index contributed by atoms with van der Waals surface area (Å²) in [5.74, 6) is -0.988. The number of rotatable bonds is 2. The first-order chi connectivity index (χ1) is 7.66. The smallest absolute Gasteiger partial charge is 0.761 e. The molecule has 1 unspecified atom stereocenters. The molecule has 0 saturated heterocycles. The molecule has 19 heavy (non-hydrogen) atoms. The Bertz CT molecular complexity index is 534. The van der Waals surface area contributed by atoms with Crippen LogP contribution in [0.4, 0.5) is 5.69 Å². The van der Waals surface area contributed by atoms with Crippen LogP contribution in [-0.2, 0) is 19.3 Å². The van der Waals surface area contributed by atoms with Gasteiger partial charge in [0.15, 0.2) is 9.15 Å². The van der Waals surface area contributed by atoms with Crippen molar-refractivity contribution in [3.63, 3.8) is 0 Å². The molecule has 0 aliphatic heterocycles. The fourth-order valence-electron chi connectivity index (χ4n) is 0.692. The van der Waals surface area contributed by atoms with Crippen molar-refractivity contribution < 1.29 is 90.7 Å². The molecule has 0 aliphatic carbocycles. The van der Waals surface area contributed by atoms with Gasteiger partial charge in [-0.3, -0.25) is 4.21 Å². The van der Waals surface area contributed by atoms with Gasteiger partial charge in [0.1, 0.15) is 0 Å². The van der Waals surface area contributed by atoms with Crippen LogP contribution in [0.3, 0.4) is 0 Å². The van der Waals surface area contributed by atoms with E-state index in [2.05, 4.69) is 0 Å². The molecule has 0 aromatic heterocycles. The zero-order valence-electron chi connectivity index (χ0n) is 10.1. The number of hydrogen-bond donors (Lipinski definition) is 2. The summed E-state index contributed by atoms with van der Waals surface area (Å²) in [5.41, 5.74) is 5.80. The van der Waals surface area contributed by atoms with Gasteiger partial charge in [0, 0.05) is 5.69 Å². The van der Waals surface area contributed by atoms with E-state index in [4.69, 9.17) is 32.6 Å². The number of nitrogens with two attached hydrogens (primary N) is 1. The minimum absolute atomic E-state index is 0. The molecule has 0 bridgehead atoms. The van der Waals surface area contributed by atoms with Crippen LogP contribution in [0.15, 0.2) is 24.3 Å². The summed E-state index contributed by atoms with van der Waals surface area (Å²) >= 11 is 0. The maximum absolute atomic E-state index is 10.3. The van der Waals surface area contributed by atoms with Crippen molar-refractivity contribution in [2.45, 2.75) is 0 Å². The van der Waals surface area contributed by atoms with Crippen LogP contribution in [-0.4, -0.2) is 32.8 Å². The SMILES string of the molecule is Nc1ccccc1C(=O)O.O=S([O-])S(=O)(=O)[O-].[Na+].[Na+]. The molecular formula is C7H7NNa2O7S2. The van der Waals surface area contributed by atoms with Crippen molar-refractivity contribution in [3.05, 3.63) is 29.8 Å². The predicted molar refractivity (Wildman–Crippen MR) is 56.4 cm³/mol. The second-order valence-corrected chi connectivity index (χ2v) is 5.77.